The van der Waals surface area contributed by atoms with E-state index in [0.29, 0.717) is 62.0 Å². The van der Waals surface area contributed by atoms with Gasteiger partial charge in [-0.2, -0.15) is 9.78 Å². The number of rotatable bonds is 9. The molecule has 196 valence electrons. The van der Waals surface area contributed by atoms with E-state index in [2.05, 4.69) is 47.3 Å². The third-order valence-corrected chi connectivity index (χ3v) is 6.79. The summed E-state index contributed by atoms with van der Waals surface area (Å²) >= 11 is 12.8. The second-order valence-corrected chi connectivity index (χ2v) is 10.2. The van der Waals surface area contributed by atoms with Gasteiger partial charge in [0.2, 0.25) is 0 Å². The zero-order valence-corrected chi connectivity index (χ0v) is 24.4. The minimum Gasteiger partial charge on any atom is -0.490 e. The van der Waals surface area contributed by atoms with E-state index in [1.165, 1.54) is 4.68 Å². The summed E-state index contributed by atoms with van der Waals surface area (Å²) in [7, 11) is 0. The number of ether oxygens (including phenoxy) is 2. The second kappa shape index (κ2) is 12.6. The lowest BCUT2D eigenvalue weighted by atomic mass is 10.2. The fourth-order valence-corrected chi connectivity index (χ4v) is 4.48. The van der Waals surface area contributed by atoms with Crippen molar-refractivity contribution in [3.63, 3.8) is 0 Å². The lowest BCUT2D eigenvalue weighted by molar-refractivity contribution is -0.118. The maximum Gasteiger partial charge on any atom is 0.282 e. The van der Waals surface area contributed by atoms with Crippen molar-refractivity contribution in [3.05, 3.63) is 90.3 Å². The maximum atomic E-state index is 13.2. The third kappa shape index (κ3) is 6.61. The number of fused-ring (bicyclic) bond motifs is 1. The highest BCUT2D eigenvalue weighted by atomic mass is 79.9. The number of hydrogen-bond donors (Lipinski definition) is 1. The van der Waals surface area contributed by atoms with E-state index >= 15 is 0 Å². The number of nitrogens with zero attached hydrogens (tertiary/aromatic N) is 3. The molecule has 0 saturated heterocycles. The van der Waals surface area contributed by atoms with Gasteiger partial charge in [0, 0.05) is 31.6 Å². The Morgan fingerprint density at radius 3 is 2.53 bits per heavy atom. The quantitative estimate of drug-likeness (QED) is 0.209. The first-order valence-electron chi connectivity index (χ1n) is 11.7. The van der Waals surface area contributed by atoms with Gasteiger partial charge >= 0.3 is 0 Å². The smallest absolute Gasteiger partial charge is 0.282 e. The Bertz CT molecular complexity index is 1570. The van der Waals surface area contributed by atoms with Gasteiger partial charge in [0.25, 0.3) is 11.5 Å². The first kappa shape index (κ1) is 27.8. The van der Waals surface area contributed by atoms with Crippen LogP contribution >= 0.6 is 43.5 Å². The van der Waals surface area contributed by atoms with Gasteiger partial charge in [0.15, 0.2) is 18.1 Å². The molecule has 0 bridgehead atoms. The topological polar surface area (TPSA) is 94.8 Å². The van der Waals surface area contributed by atoms with Gasteiger partial charge in [0.05, 0.1) is 23.7 Å². The molecule has 0 aliphatic carbocycles. The minimum absolute atomic E-state index is 0.226. The van der Waals surface area contributed by atoms with Crippen LogP contribution in [0.25, 0.3) is 10.9 Å². The number of aromatic nitrogens is 2. The van der Waals surface area contributed by atoms with Gasteiger partial charge in [-0.3, -0.25) is 9.59 Å². The molecule has 11 heteroatoms. The van der Waals surface area contributed by atoms with Crippen LogP contribution in [0.15, 0.2) is 73.4 Å². The molecule has 1 N–H and O–H groups in total. The Hall–Kier alpha value is -3.21. The lowest BCUT2D eigenvalue weighted by Crippen LogP contribution is -2.22. The van der Waals surface area contributed by atoms with Gasteiger partial charge in [0.1, 0.15) is 5.82 Å². The van der Waals surface area contributed by atoms with Gasteiger partial charge in [-0.15, -0.1) is 0 Å². The van der Waals surface area contributed by atoms with Crippen LogP contribution < -0.4 is 20.3 Å². The molecule has 0 spiro atoms. The number of aryl methyl sites for hydroxylation is 1. The molecule has 1 heterocycles. The average Bonchev–Trinajstić information content (AvgIpc) is 2.90. The van der Waals surface area contributed by atoms with Crippen molar-refractivity contribution in [2.24, 2.45) is 5.10 Å². The average molecular weight is 663 g/mol. The van der Waals surface area contributed by atoms with Gasteiger partial charge in [-0.05, 0) is 77.5 Å². The molecule has 3 aromatic carbocycles. The molecular weight excluding hydrogens is 640 g/mol. The first-order chi connectivity index (χ1) is 18.3. The van der Waals surface area contributed by atoms with Crippen molar-refractivity contribution in [2.45, 2.75) is 20.3 Å². The van der Waals surface area contributed by atoms with E-state index in [1.807, 2.05) is 19.9 Å². The highest BCUT2D eigenvalue weighted by Gasteiger charge is 2.14. The van der Waals surface area contributed by atoms with Gasteiger partial charge in [-0.1, -0.05) is 34.5 Å². The summed E-state index contributed by atoms with van der Waals surface area (Å²) in [6.45, 7) is 3.92. The standard InChI is InChI=1S/C27H23Br2ClN4O4/c1-3-25-33-22-10-5-17(28)12-20(22)27(36)34(25)31-14-16-11-23(37-4-2)24(13-21(16)29)38-15-26(35)32-19-8-6-18(30)7-9-19/h5-14H,3-4,15H2,1-2H3,(H,32,35). The van der Waals surface area contributed by atoms with Crippen molar-refractivity contribution in [3.8, 4) is 11.5 Å². The summed E-state index contributed by atoms with van der Waals surface area (Å²) < 4.78 is 14.2. The largest absolute Gasteiger partial charge is 0.490 e. The Kier molecular flexibility index (Phi) is 9.19. The first-order valence-corrected chi connectivity index (χ1v) is 13.7. The molecule has 38 heavy (non-hydrogen) atoms. The molecular formula is C27H23Br2ClN4O4. The van der Waals surface area contributed by atoms with Crippen LogP contribution in [0.4, 0.5) is 5.69 Å². The molecule has 0 radical (unpaired) electrons. The molecule has 0 atom stereocenters. The second-order valence-electron chi connectivity index (χ2n) is 8.00. The van der Waals surface area contributed by atoms with E-state index in [0.717, 1.165) is 4.47 Å². The van der Waals surface area contributed by atoms with E-state index in [1.54, 1.807) is 54.7 Å². The number of carbonyl (C=O) groups excluding carboxylic acids is 1. The normalized spacial score (nSPS) is 11.2. The summed E-state index contributed by atoms with van der Waals surface area (Å²) in [5.74, 6) is 1.01. The van der Waals surface area contributed by atoms with Crippen LogP contribution in [-0.4, -0.2) is 35.0 Å². The van der Waals surface area contributed by atoms with Crippen molar-refractivity contribution in [1.82, 2.24) is 9.66 Å². The number of nitrogens with one attached hydrogen (secondary N) is 1. The highest BCUT2D eigenvalue weighted by Crippen LogP contribution is 2.33. The van der Waals surface area contributed by atoms with Crippen LogP contribution in [0.2, 0.25) is 5.02 Å². The fourth-order valence-electron chi connectivity index (χ4n) is 3.57. The SMILES string of the molecule is CCOc1cc(C=Nn2c(CC)nc3ccc(Br)cc3c2=O)c(Br)cc1OCC(=O)Nc1ccc(Cl)cc1. The highest BCUT2D eigenvalue weighted by molar-refractivity contribution is 9.10. The summed E-state index contributed by atoms with van der Waals surface area (Å²) in [4.78, 5) is 30.1. The zero-order valence-electron chi connectivity index (χ0n) is 20.5. The molecule has 1 amide bonds. The molecule has 0 fully saturated rings. The van der Waals surface area contributed by atoms with Crippen LogP contribution in [0.5, 0.6) is 11.5 Å². The molecule has 4 rings (SSSR count). The Labute approximate surface area is 240 Å². The number of carbonyl (C=O) groups is 1. The van der Waals surface area contributed by atoms with Gasteiger partial charge in [-0.25, -0.2) is 4.98 Å². The fraction of sp³-hybridized carbons (Fsp3) is 0.185. The van der Waals surface area contributed by atoms with Crippen LogP contribution in [0, 0.1) is 0 Å². The number of hydrogen-bond acceptors (Lipinski definition) is 6. The van der Waals surface area contributed by atoms with Crippen molar-refractivity contribution in [2.75, 3.05) is 18.5 Å². The summed E-state index contributed by atoms with van der Waals surface area (Å²) in [5.41, 5.74) is 1.60. The molecule has 1 aromatic heterocycles. The predicted molar refractivity (Wildman–Crippen MR) is 157 cm³/mol. The Morgan fingerprint density at radius 2 is 1.82 bits per heavy atom. The number of anilines is 1. The minimum atomic E-state index is -0.335. The van der Waals surface area contributed by atoms with E-state index in [-0.39, 0.29) is 18.1 Å². The van der Waals surface area contributed by atoms with E-state index in [4.69, 9.17) is 21.1 Å². The number of halogens is 3. The van der Waals surface area contributed by atoms with Crippen LogP contribution in [0.1, 0.15) is 25.2 Å². The lowest BCUT2D eigenvalue weighted by Gasteiger charge is -2.14. The number of amides is 1. The predicted octanol–water partition coefficient (Wildman–Crippen LogP) is 6.44. The molecule has 4 aromatic rings. The van der Waals surface area contributed by atoms with E-state index in [9.17, 15) is 9.59 Å². The summed E-state index contributed by atoms with van der Waals surface area (Å²) in [5, 5.41) is 8.24. The summed E-state index contributed by atoms with van der Waals surface area (Å²) in [6, 6.07) is 15.6. The molecule has 8 nitrogen and oxygen atoms in total. The Balaban J connectivity index is 1.58. The van der Waals surface area contributed by atoms with Crippen molar-refractivity contribution < 1.29 is 14.3 Å². The monoisotopic (exact) mass is 660 g/mol. The van der Waals surface area contributed by atoms with Crippen LogP contribution in [0.3, 0.4) is 0 Å². The molecule has 0 saturated carbocycles. The maximum absolute atomic E-state index is 13.2. The molecule has 0 unspecified atom stereocenters. The summed E-state index contributed by atoms with van der Waals surface area (Å²) in [6.07, 6.45) is 2.07. The van der Waals surface area contributed by atoms with Crippen molar-refractivity contribution in [1.29, 1.82) is 0 Å². The van der Waals surface area contributed by atoms with Crippen LogP contribution in [-0.2, 0) is 11.2 Å². The third-order valence-electron chi connectivity index (χ3n) is 5.35. The zero-order chi connectivity index (χ0) is 27.2. The number of benzene rings is 3. The molecule has 0 aliphatic rings. The van der Waals surface area contributed by atoms with Crippen molar-refractivity contribution >= 4 is 72.2 Å². The molecule has 0 aliphatic heterocycles. The Morgan fingerprint density at radius 1 is 1.08 bits per heavy atom. The van der Waals surface area contributed by atoms with Gasteiger partial charge < -0.3 is 14.8 Å². The van der Waals surface area contributed by atoms with E-state index < -0.39 is 0 Å².